The fourth-order valence-electron chi connectivity index (χ4n) is 3.59. The molecule has 2 fully saturated rings. The topological polar surface area (TPSA) is 49.8 Å². The van der Waals surface area contributed by atoms with Crippen LogP contribution in [0.15, 0.2) is 0 Å². The molecular formula is C16H29NO3. The van der Waals surface area contributed by atoms with Gasteiger partial charge in [-0.3, -0.25) is 4.79 Å². The summed E-state index contributed by atoms with van der Waals surface area (Å²) in [6.07, 6.45) is 7.47. The number of rotatable bonds is 5. The van der Waals surface area contributed by atoms with E-state index in [-0.39, 0.29) is 30.8 Å². The lowest BCUT2D eigenvalue weighted by Crippen LogP contribution is -2.40. The quantitative estimate of drug-likeness (QED) is 0.842. The lowest BCUT2D eigenvalue weighted by Gasteiger charge is -2.30. The fourth-order valence-corrected chi connectivity index (χ4v) is 3.59. The highest BCUT2D eigenvalue weighted by Gasteiger charge is 2.30. The van der Waals surface area contributed by atoms with E-state index in [0.717, 1.165) is 25.8 Å². The van der Waals surface area contributed by atoms with Gasteiger partial charge in [0.2, 0.25) is 5.91 Å². The highest BCUT2D eigenvalue weighted by atomic mass is 16.5. The molecule has 0 aromatic heterocycles. The van der Waals surface area contributed by atoms with Crippen LogP contribution in [0.5, 0.6) is 0 Å². The highest BCUT2D eigenvalue weighted by Crippen LogP contribution is 2.27. The molecule has 1 saturated carbocycles. The summed E-state index contributed by atoms with van der Waals surface area (Å²) >= 11 is 0. The number of hydrogen-bond acceptors (Lipinski definition) is 3. The molecule has 4 unspecified atom stereocenters. The van der Waals surface area contributed by atoms with Crippen LogP contribution in [0.3, 0.4) is 0 Å². The molecule has 116 valence electrons. The maximum absolute atomic E-state index is 12.3. The monoisotopic (exact) mass is 283 g/mol. The molecule has 0 bridgehead atoms. The molecule has 0 aromatic carbocycles. The van der Waals surface area contributed by atoms with Crippen molar-refractivity contribution in [1.29, 1.82) is 0 Å². The van der Waals surface area contributed by atoms with Crippen molar-refractivity contribution in [3.8, 4) is 0 Å². The molecule has 4 nitrogen and oxygen atoms in total. The Morgan fingerprint density at radius 3 is 2.75 bits per heavy atom. The third-order valence-electron chi connectivity index (χ3n) is 4.76. The number of carbonyl (C=O) groups excluding carboxylic acids is 1. The maximum Gasteiger partial charge on any atom is 0.248 e. The molecule has 0 aromatic rings. The van der Waals surface area contributed by atoms with Gasteiger partial charge < -0.3 is 14.7 Å². The summed E-state index contributed by atoms with van der Waals surface area (Å²) in [6, 6.07) is 0.204. The number of likely N-dealkylation sites (tertiary alicyclic amines) is 1. The first-order valence-corrected chi connectivity index (χ1v) is 8.17. The molecule has 4 heteroatoms. The maximum atomic E-state index is 12.3. The number of hydrogen-bond donors (Lipinski definition) is 1. The molecular weight excluding hydrogens is 254 g/mol. The average Bonchev–Trinajstić information content (AvgIpc) is 2.85. The van der Waals surface area contributed by atoms with E-state index in [2.05, 4.69) is 6.92 Å². The molecule has 20 heavy (non-hydrogen) atoms. The molecule has 2 aliphatic rings. The van der Waals surface area contributed by atoms with E-state index >= 15 is 0 Å². The molecule has 2 rings (SSSR count). The minimum absolute atomic E-state index is 0.103. The van der Waals surface area contributed by atoms with E-state index in [1.165, 1.54) is 19.3 Å². The molecule has 1 aliphatic heterocycles. The van der Waals surface area contributed by atoms with Gasteiger partial charge in [0.1, 0.15) is 6.61 Å². The van der Waals surface area contributed by atoms with Crippen molar-refractivity contribution in [3.63, 3.8) is 0 Å². The molecule has 1 saturated heterocycles. The Morgan fingerprint density at radius 1 is 1.30 bits per heavy atom. The molecule has 1 heterocycles. The first-order valence-electron chi connectivity index (χ1n) is 8.17. The third-order valence-corrected chi connectivity index (χ3v) is 4.76. The number of aliphatic hydroxyl groups is 1. The van der Waals surface area contributed by atoms with Crippen LogP contribution in [-0.4, -0.2) is 47.3 Å². The van der Waals surface area contributed by atoms with E-state index in [9.17, 15) is 9.90 Å². The fraction of sp³-hybridized carbons (Fsp3) is 0.938. The van der Waals surface area contributed by atoms with Gasteiger partial charge >= 0.3 is 0 Å². The molecule has 1 amide bonds. The Kier molecular flexibility index (Phi) is 5.85. The molecule has 1 aliphatic carbocycles. The summed E-state index contributed by atoms with van der Waals surface area (Å²) in [6.45, 7) is 5.05. The first kappa shape index (κ1) is 15.8. The number of nitrogens with zero attached hydrogens (tertiary/aromatic N) is 1. The minimum Gasteiger partial charge on any atom is -0.393 e. The standard InChI is InChI=1S/C16H29NO3/c1-12-6-3-4-8-15(12)20-11-16(19)17-9-5-7-14(17)10-13(2)18/h12-15,18H,3-11H2,1-2H3. The van der Waals surface area contributed by atoms with E-state index in [4.69, 9.17) is 4.74 Å². The Balaban J connectivity index is 1.78. The first-order chi connectivity index (χ1) is 9.58. The van der Waals surface area contributed by atoms with Gasteiger partial charge in [0.15, 0.2) is 0 Å². The van der Waals surface area contributed by atoms with Crippen molar-refractivity contribution < 1.29 is 14.6 Å². The number of aliphatic hydroxyl groups excluding tert-OH is 1. The predicted molar refractivity (Wildman–Crippen MR) is 78.4 cm³/mol. The normalized spacial score (nSPS) is 32.4. The summed E-state index contributed by atoms with van der Waals surface area (Å²) in [5.74, 6) is 0.675. The SMILES string of the molecule is CC(O)CC1CCCN1C(=O)COC1CCCCC1C. The second-order valence-corrected chi connectivity index (χ2v) is 6.58. The van der Waals surface area contributed by atoms with Crippen LogP contribution in [0.2, 0.25) is 0 Å². The number of amides is 1. The molecule has 0 radical (unpaired) electrons. The lowest BCUT2D eigenvalue weighted by atomic mass is 9.88. The summed E-state index contributed by atoms with van der Waals surface area (Å²) < 4.78 is 5.87. The zero-order valence-electron chi connectivity index (χ0n) is 12.9. The van der Waals surface area contributed by atoms with Crippen molar-refractivity contribution in [1.82, 2.24) is 4.90 Å². The Hall–Kier alpha value is -0.610. The van der Waals surface area contributed by atoms with E-state index in [1.54, 1.807) is 6.92 Å². The van der Waals surface area contributed by atoms with Crippen LogP contribution in [0.25, 0.3) is 0 Å². The van der Waals surface area contributed by atoms with Crippen LogP contribution in [0.1, 0.15) is 58.8 Å². The summed E-state index contributed by atoms with van der Waals surface area (Å²) in [5.41, 5.74) is 0. The Bertz CT molecular complexity index is 319. The van der Waals surface area contributed by atoms with Gasteiger partial charge in [0.05, 0.1) is 12.2 Å². The summed E-state index contributed by atoms with van der Waals surface area (Å²) in [4.78, 5) is 14.2. The van der Waals surface area contributed by atoms with Crippen LogP contribution in [-0.2, 0) is 9.53 Å². The zero-order chi connectivity index (χ0) is 14.5. The average molecular weight is 283 g/mol. The van der Waals surface area contributed by atoms with Crippen molar-refractivity contribution in [2.24, 2.45) is 5.92 Å². The Labute approximate surface area is 122 Å². The Morgan fingerprint density at radius 2 is 2.05 bits per heavy atom. The molecule has 0 spiro atoms. The minimum atomic E-state index is -0.340. The van der Waals surface area contributed by atoms with Gasteiger partial charge in [-0.25, -0.2) is 0 Å². The lowest BCUT2D eigenvalue weighted by molar-refractivity contribution is -0.141. The molecule has 4 atom stereocenters. The van der Waals surface area contributed by atoms with Gasteiger partial charge in [-0.2, -0.15) is 0 Å². The smallest absolute Gasteiger partial charge is 0.248 e. The van der Waals surface area contributed by atoms with Crippen LogP contribution in [0, 0.1) is 5.92 Å². The predicted octanol–water partition coefficient (Wildman–Crippen LogP) is 2.34. The van der Waals surface area contributed by atoms with Crippen molar-refractivity contribution in [2.75, 3.05) is 13.2 Å². The van der Waals surface area contributed by atoms with Crippen LogP contribution >= 0.6 is 0 Å². The van der Waals surface area contributed by atoms with Crippen LogP contribution < -0.4 is 0 Å². The second-order valence-electron chi connectivity index (χ2n) is 6.58. The van der Waals surface area contributed by atoms with Gasteiger partial charge in [-0.15, -0.1) is 0 Å². The molecule has 1 N–H and O–H groups in total. The third kappa shape index (κ3) is 4.19. The van der Waals surface area contributed by atoms with Gasteiger partial charge in [-0.1, -0.05) is 19.8 Å². The highest BCUT2D eigenvalue weighted by molar-refractivity contribution is 5.78. The van der Waals surface area contributed by atoms with Gasteiger partial charge in [0.25, 0.3) is 0 Å². The van der Waals surface area contributed by atoms with Crippen molar-refractivity contribution >= 4 is 5.91 Å². The second kappa shape index (κ2) is 7.41. The van der Waals surface area contributed by atoms with Crippen molar-refractivity contribution in [2.45, 2.75) is 77.0 Å². The zero-order valence-corrected chi connectivity index (χ0v) is 12.9. The summed E-state index contributed by atoms with van der Waals surface area (Å²) in [7, 11) is 0. The number of ether oxygens (including phenoxy) is 1. The largest absolute Gasteiger partial charge is 0.393 e. The number of carbonyl (C=O) groups is 1. The van der Waals surface area contributed by atoms with E-state index in [1.807, 2.05) is 4.90 Å². The van der Waals surface area contributed by atoms with E-state index < -0.39 is 0 Å². The van der Waals surface area contributed by atoms with Crippen molar-refractivity contribution in [3.05, 3.63) is 0 Å². The van der Waals surface area contributed by atoms with Gasteiger partial charge in [0, 0.05) is 12.6 Å². The van der Waals surface area contributed by atoms with Gasteiger partial charge in [-0.05, 0) is 44.9 Å². The summed E-state index contributed by atoms with van der Waals surface area (Å²) in [5, 5.41) is 9.51. The van der Waals surface area contributed by atoms with E-state index in [0.29, 0.717) is 12.3 Å². The van der Waals surface area contributed by atoms with Crippen LogP contribution in [0.4, 0.5) is 0 Å².